The molecular formula is C24H28ClNO3S. The summed E-state index contributed by atoms with van der Waals surface area (Å²) in [5.41, 5.74) is 1.81. The molecule has 1 N–H and O–H groups in total. The number of aromatic hydroxyl groups is 1. The van der Waals surface area contributed by atoms with Gasteiger partial charge in [0.25, 0.3) is 0 Å². The summed E-state index contributed by atoms with van der Waals surface area (Å²) in [7, 11) is -3.85. The van der Waals surface area contributed by atoms with Crippen LogP contribution in [0, 0.1) is 11.3 Å². The van der Waals surface area contributed by atoms with E-state index in [0.29, 0.717) is 27.3 Å². The summed E-state index contributed by atoms with van der Waals surface area (Å²) in [4.78, 5) is -0.317. The number of hydrogen-bond acceptors (Lipinski definition) is 4. The monoisotopic (exact) mass is 445 g/mol. The quantitative estimate of drug-likeness (QED) is 0.575. The van der Waals surface area contributed by atoms with Crippen LogP contribution < -0.4 is 0 Å². The van der Waals surface area contributed by atoms with Gasteiger partial charge in [-0.05, 0) is 52.3 Å². The van der Waals surface area contributed by atoms with Crippen LogP contribution in [0.3, 0.4) is 0 Å². The Morgan fingerprint density at radius 3 is 1.90 bits per heavy atom. The molecule has 0 atom stereocenters. The van der Waals surface area contributed by atoms with Crippen LogP contribution in [-0.4, -0.2) is 13.5 Å². The number of phenols is 1. The van der Waals surface area contributed by atoms with E-state index in [1.165, 1.54) is 6.08 Å². The molecule has 0 bridgehead atoms. The molecule has 0 aliphatic carbocycles. The Kier molecular flexibility index (Phi) is 6.76. The van der Waals surface area contributed by atoms with Crippen molar-refractivity contribution in [2.45, 2.75) is 58.1 Å². The summed E-state index contributed by atoms with van der Waals surface area (Å²) in [5, 5.41) is 20.9. The molecule has 0 spiro atoms. The second-order valence-corrected chi connectivity index (χ2v) is 11.9. The van der Waals surface area contributed by atoms with Crippen LogP contribution in [0.5, 0.6) is 5.75 Å². The van der Waals surface area contributed by atoms with E-state index in [2.05, 4.69) is 0 Å². The number of rotatable bonds is 4. The van der Waals surface area contributed by atoms with Crippen molar-refractivity contribution < 1.29 is 13.5 Å². The lowest BCUT2D eigenvalue weighted by atomic mass is 9.78. The fraction of sp³-hybridized carbons (Fsp3) is 0.375. The topological polar surface area (TPSA) is 78.2 Å². The normalized spacial score (nSPS) is 13.2. The van der Waals surface area contributed by atoms with E-state index in [4.69, 9.17) is 11.6 Å². The first-order valence-corrected chi connectivity index (χ1v) is 11.6. The summed E-state index contributed by atoms with van der Waals surface area (Å²) >= 11 is 5.86. The third-order valence-electron chi connectivity index (χ3n) is 4.76. The highest BCUT2D eigenvalue weighted by Crippen LogP contribution is 2.40. The third kappa shape index (κ3) is 5.65. The van der Waals surface area contributed by atoms with Gasteiger partial charge in [-0.1, -0.05) is 65.3 Å². The minimum Gasteiger partial charge on any atom is -0.507 e. The Morgan fingerprint density at radius 2 is 1.50 bits per heavy atom. The molecule has 0 aliphatic heterocycles. The average Bonchev–Trinajstić information content (AvgIpc) is 2.60. The van der Waals surface area contributed by atoms with Crippen molar-refractivity contribution in [1.82, 2.24) is 0 Å². The van der Waals surface area contributed by atoms with Gasteiger partial charge in [0.15, 0.2) is 9.84 Å². The van der Waals surface area contributed by atoms with Crippen molar-refractivity contribution in [2.24, 2.45) is 0 Å². The average molecular weight is 446 g/mol. The molecule has 4 nitrogen and oxygen atoms in total. The van der Waals surface area contributed by atoms with Crippen molar-refractivity contribution >= 4 is 27.5 Å². The maximum absolute atomic E-state index is 12.9. The van der Waals surface area contributed by atoms with Gasteiger partial charge in [0.2, 0.25) is 0 Å². The molecule has 0 aliphatic rings. The van der Waals surface area contributed by atoms with Gasteiger partial charge in [0.1, 0.15) is 16.7 Å². The van der Waals surface area contributed by atoms with E-state index < -0.39 is 9.84 Å². The van der Waals surface area contributed by atoms with E-state index in [1.807, 2.05) is 47.6 Å². The lowest BCUT2D eigenvalue weighted by molar-refractivity contribution is 0.423. The summed E-state index contributed by atoms with van der Waals surface area (Å²) in [5.74, 6) is -0.0884. The van der Waals surface area contributed by atoms with E-state index >= 15 is 0 Å². The first kappa shape index (κ1) is 24.0. The maximum atomic E-state index is 12.9. The SMILES string of the molecule is CC(C)(C)c1cc(C=C(C#N)S(=O)(=O)Cc2ccc(Cl)cc2)cc(C(C)(C)C)c1O. The molecule has 0 unspecified atom stereocenters. The minimum atomic E-state index is -3.85. The van der Waals surface area contributed by atoms with Gasteiger partial charge in [-0.3, -0.25) is 0 Å². The van der Waals surface area contributed by atoms with E-state index in [9.17, 15) is 18.8 Å². The third-order valence-corrected chi connectivity index (χ3v) is 6.61. The highest BCUT2D eigenvalue weighted by atomic mass is 35.5. The lowest BCUT2D eigenvalue weighted by Gasteiger charge is -2.28. The van der Waals surface area contributed by atoms with Gasteiger partial charge in [0.05, 0.1) is 5.75 Å². The van der Waals surface area contributed by atoms with Crippen molar-refractivity contribution in [3.63, 3.8) is 0 Å². The standard InChI is InChI=1S/C24H28ClNO3S/c1-23(2,3)20-12-17(13-21(22(20)27)24(4,5)6)11-19(14-26)30(28,29)15-16-7-9-18(25)10-8-16/h7-13,27H,15H2,1-6H3. The summed E-state index contributed by atoms with van der Waals surface area (Å²) in [6.07, 6.45) is 1.38. The highest BCUT2D eigenvalue weighted by molar-refractivity contribution is 7.95. The number of allylic oxidation sites excluding steroid dienone is 1. The van der Waals surface area contributed by atoms with Crippen molar-refractivity contribution in [3.05, 3.63) is 68.6 Å². The van der Waals surface area contributed by atoms with E-state index in [1.54, 1.807) is 36.4 Å². The predicted molar refractivity (Wildman–Crippen MR) is 123 cm³/mol. The zero-order valence-electron chi connectivity index (χ0n) is 18.2. The summed E-state index contributed by atoms with van der Waals surface area (Å²) in [6.45, 7) is 11.9. The number of nitrogens with zero attached hydrogens (tertiary/aromatic N) is 1. The number of benzene rings is 2. The second-order valence-electron chi connectivity index (χ2n) is 9.47. The Morgan fingerprint density at radius 1 is 1.03 bits per heavy atom. The van der Waals surface area contributed by atoms with Crippen LogP contribution in [0.1, 0.15) is 63.8 Å². The molecule has 0 saturated heterocycles. The fourth-order valence-electron chi connectivity index (χ4n) is 3.10. The molecule has 0 amide bonds. The molecule has 0 aromatic heterocycles. The van der Waals surface area contributed by atoms with Crippen molar-refractivity contribution in [1.29, 1.82) is 5.26 Å². The molecule has 0 radical (unpaired) electrons. The van der Waals surface area contributed by atoms with Crippen LogP contribution in [-0.2, 0) is 26.4 Å². The second kappa shape index (κ2) is 8.45. The van der Waals surface area contributed by atoms with Gasteiger partial charge in [-0.25, -0.2) is 8.42 Å². The molecular weight excluding hydrogens is 418 g/mol. The largest absolute Gasteiger partial charge is 0.507 e. The van der Waals surface area contributed by atoms with Gasteiger partial charge in [-0.2, -0.15) is 5.26 Å². The van der Waals surface area contributed by atoms with Crippen LogP contribution >= 0.6 is 11.6 Å². The predicted octanol–water partition coefficient (Wildman–Crippen LogP) is 6.12. The number of hydrogen-bond donors (Lipinski definition) is 1. The Hall–Kier alpha value is -2.29. The number of sulfone groups is 1. The number of phenolic OH excluding ortho intramolecular Hbond substituents is 1. The maximum Gasteiger partial charge on any atom is 0.192 e. The zero-order chi connectivity index (χ0) is 22.9. The van der Waals surface area contributed by atoms with E-state index in [0.717, 1.165) is 0 Å². The Balaban J connectivity index is 2.60. The molecule has 0 fully saturated rings. The van der Waals surface area contributed by atoms with Crippen molar-refractivity contribution in [2.75, 3.05) is 0 Å². The highest BCUT2D eigenvalue weighted by Gasteiger charge is 2.27. The van der Waals surface area contributed by atoms with E-state index in [-0.39, 0.29) is 27.2 Å². The Labute approximate surface area is 184 Å². The van der Waals surface area contributed by atoms with Crippen molar-refractivity contribution in [3.8, 4) is 11.8 Å². The smallest absolute Gasteiger partial charge is 0.192 e. The first-order chi connectivity index (χ1) is 13.6. The lowest BCUT2D eigenvalue weighted by Crippen LogP contribution is -2.17. The minimum absolute atomic E-state index is 0.203. The molecule has 6 heteroatoms. The molecule has 2 rings (SSSR count). The molecule has 30 heavy (non-hydrogen) atoms. The molecule has 0 saturated carbocycles. The fourth-order valence-corrected chi connectivity index (χ4v) is 4.47. The van der Waals surface area contributed by atoms with Crippen LogP contribution in [0.2, 0.25) is 5.02 Å². The molecule has 0 heterocycles. The van der Waals surface area contributed by atoms with Gasteiger partial charge in [0, 0.05) is 16.1 Å². The first-order valence-electron chi connectivity index (χ1n) is 9.62. The molecule has 160 valence electrons. The number of nitriles is 1. The van der Waals surface area contributed by atoms with Crippen LogP contribution in [0.25, 0.3) is 6.08 Å². The summed E-state index contributed by atoms with van der Waals surface area (Å²) in [6, 6.07) is 11.8. The van der Waals surface area contributed by atoms with Crippen LogP contribution in [0.4, 0.5) is 0 Å². The summed E-state index contributed by atoms with van der Waals surface area (Å²) < 4.78 is 25.8. The van der Waals surface area contributed by atoms with Crippen LogP contribution in [0.15, 0.2) is 41.3 Å². The van der Waals surface area contributed by atoms with Gasteiger partial charge < -0.3 is 5.11 Å². The van der Waals surface area contributed by atoms with Gasteiger partial charge in [-0.15, -0.1) is 0 Å². The number of halogens is 1. The van der Waals surface area contributed by atoms with Gasteiger partial charge >= 0.3 is 0 Å². The molecule has 2 aromatic carbocycles. The molecule has 2 aromatic rings. The zero-order valence-corrected chi connectivity index (χ0v) is 19.8. The Bertz CT molecular complexity index is 1080.